The number of rotatable bonds is 4. The van der Waals surface area contributed by atoms with Gasteiger partial charge in [-0.3, -0.25) is 0 Å². The summed E-state index contributed by atoms with van der Waals surface area (Å²) in [4.78, 5) is 0. The summed E-state index contributed by atoms with van der Waals surface area (Å²) in [7, 11) is 1.73. The molecule has 0 heterocycles. The van der Waals surface area contributed by atoms with Crippen LogP contribution in [-0.2, 0) is 8.85 Å². The van der Waals surface area contributed by atoms with Gasteiger partial charge >= 0.3 is 9.28 Å². The van der Waals surface area contributed by atoms with Gasteiger partial charge in [0.25, 0.3) is 0 Å². The van der Waals surface area contributed by atoms with Gasteiger partial charge in [-0.25, -0.2) is 0 Å². The maximum absolute atomic E-state index is 5.30. The van der Waals surface area contributed by atoms with Crippen molar-refractivity contribution in [2.45, 2.75) is 12.2 Å². The van der Waals surface area contributed by atoms with Crippen LogP contribution in [0.2, 0.25) is 6.04 Å². The fourth-order valence-corrected chi connectivity index (χ4v) is 1.53. The monoisotopic (exact) mass is 150 g/mol. The highest BCUT2D eigenvalue weighted by molar-refractivity contribution is 6.44. The molecule has 4 nitrogen and oxygen atoms in total. The molecule has 4 N–H and O–H groups in total. The molecule has 0 spiro atoms. The second-order valence-electron chi connectivity index (χ2n) is 1.80. The van der Waals surface area contributed by atoms with Gasteiger partial charge in [0.2, 0.25) is 0 Å². The predicted octanol–water partition coefficient (Wildman–Crippen LogP) is -1.26. The second-order valence-corrected chi connectivity index (χ2v) is 4.07. The molecule has 0 atom stereocenters. The highest BCUT2D eigenvalue weighted by Gasteiger charge is 2.11. The summed E-state index contributed by atoms with van der Waals surface area (Å²) in [6.07, 6.45) is -0.304. The smallest absolute Gasteiger partial charge is 0.323 e. The van der Waals surface area contributed by atoms with Crippen molar-refractivity contribution >= 4 is 9.28 Å². The molecule has 0 saturated heterocycles. The van der Waals surface area contributed by atoms with Gasteiger partial charge in [-0.1, -0.05) is 0 Å². The molecule has 0 aromatic rings. The fraction of sp³-hybridized carbons (Fsp3) is 1.00. The first-order valence-corrected chi connectivity index (χ1v) is 4.53. The molecule has 0 aliphatic carbocycles. The zero-order chi connectivity index (χ0) is 7.28. The first kappa shape index (κ1) is 9.06. The number of nitrogens with two attached hydrogens (primary N) is 2. The quantitative estimate of drug-likeness (QED) is 0.388. The van der Waals surface area contributed by atoms with Crippen LogP contribution in [-0.4, -0.2) is 29.7 Å². The van der Waals surface area contributed by atoms with Crippen LogP contribution < -0.4 is 11.5 Å². The Bertz CT molecular complexity index is 67.6. The molecule has 0 unspecified atom stereocenters. The summed E-state index contributed by atoms with van der Waals surface area (Å²) >= 11 is 0. The highest BCUT2D eigenvalue weighted by atomic mass is 28.3. The van der Waals surface area contributed by atoms with Crippen LogP contribution >= 0.6 is 0 Å². The van der Waals surface area contributed by atoms with Crippen molar-refractivity contribution in [2.24, 2.45) is 11.5 Å². The molecule has 0 aromatic carbocycles. The summed E-state index contributed by atoms with van der Waals surface area (Å²) in [5, 5.41) is 0. The predicted molar refractivity (Wildman–Crippen MR) is 38.1 cm³/mol. The average Bonchev–Trinajstić information content (AvgIpc) is 1.82. The third kappa shape index (κ3) is 4.55. The van der Waals surface area contributed by atoms with E-state index in [1.165, 1.54) is 0 Å². The van der Waals surface area contributed by atoms with E-state index in [1.807, 2.05) is 0 Å². The van der Waals surface area contributed by atoms with Crippen LogP contribution in [0.3, 0.4) is 0 Å². The van der Waals surface area contributed by atoms with Crippen LogP contribution in [0.4, 0.5) is 0 Å². The summed E-state index contributed by atoms with van der Waals surface area (Å²) < 4.78 is 9.93. The molecule has 56 valence electrons. The average molecular weight is 150 g/mol. The van der Waals surface area contributed by atoms with Crippen molar-refractivity contribution in [3.05, 3.63) is 0 Å². The van der Waals surface area contributed by atoms with Crippen LogP contribution in [0.1, 0.15) is 0 Å². The summed E-state index contributed by atoms with van der Waals surface area (Å²) in [6, 6.07) is 0.660. The maximum atomic E-state index is 5.30. The molecular formula is C4H14N2O2Si. The minimum Gasteiger partial charge on any atom is -0.400 e. The third-order valence-electron chi connectivity index (χ3n) is 0.990. The molecule has 0 aromatic heterocycles. The molecule has 0 radical (unpaired) electrons. The zero-order valence-corrected chi connectivity index (χ0v) is 6.99. The summed E-state index contributed by atoms with van der Waals surface area (Å²) in [5.41, 5.74) is 10.6. The third-order valence-corrected chi connectivity index (χ3v) is 2.97. The lowest BCUT2D eigenvalue weighted by atomic mass is 10.6. The summed E-state index contributed by atoms with van der Waals surface area (Å²) in [6.45, 7) is 0. The Hall–Kier alpha value is 0.0569. The fourth-order valence-electron chi connectivity index (χ4n) is 0.511. The molecule has 5 heteroatoms. The van der Waals surface area contributed by atoms with Gasteiger partial charge in [-0.2, -0.15) is 0 Å². The van der Waals surface area contributed by atoms with Crippen molar-refractivity contribution in [3.63, 3.8) is 0 Å². The van der Waals surface area contributed by atoms with E-state index in [-0.39, 0.29) is 6.17 Å². The maximum Gasteiger partial charge on any atom is 0.323 e. The van der Waals surface area contributed by atoms with E-state index in [1.54, 1.807) is 14.2 Å². The second kappa shape index (κ2) is 4.89. The molecule has 0 bridgehead atoms. The first-order chi connectivity index (χ1) is 4.20. The van der Waals surface area contributed by atoms with Crippen molar-refractivity contribution in [1.82, 2.24) is 0 Å². The molecule has 0 rings (SSSR count). The van der Waals surface area contributed by atoms with Crippen LogP contribution in [0.5, 0.6) is 0 Å². The van der Waals surface area contributed by atoms with Gasteiger partial charge in [-0.05, 0) is 0 Å². The highest BCUT2D eigenvalue weighted by Crippen LogP contribution is 1.93. The van der Waals surface area contributed by atoms with E-state index in [0.717, 1.165) is 0 Å². The van der Waals surface area contributed by atoms with Gasteiger partial charge in [0, 0.05) is 20.3 Å². The van der Waals surface area contributed by atoms with Gasteiger partial charge in [0.05, 0.1) is 6.17 Å². The molecule has 0 amide bonds. The Morgan fingerprint density at radius 2 is 1.78 bits per heavy atom. The molecular weight excluding hydrogens is 136 g/mol. The molecule has 0 aliphatic rings. The van der Waals surface area contributed by atoms with Gasteiger partial charge in [0.1, 0.15) is 0 Å². The minimum absolute atomic E-state index is 0.304. The lowest BCUT2D eigenvalue weighted by Gasteiger charge is -2.12. The standard InChI is InChI=1S/C4H14N2O2Si/c1-7-9(8-2)3-4(5)6/h4,9H,3,5-6H2,1-2H3. The summed E-state index contributed by atoms with van der Waals surface area (Å²) in [5.74, 6) is 0. The van der Waals surface area contributed by atoms with Gasteiger partial charge < -0.3 is 20.3 Å². The van der Waals surface area contributed by atoms with Crippen LogP contribution in [0, 0.1) is 0 Å². The molecule has 9 heavy (non-hydrogen) atoms. The van der Waals surface area contributed by atoms with E-state index < -0.39 is 9.28 Å². The van der Waals surface area contributed by atoms with Crippen LogP contribution in [0.15, 0.2) is 0 Å². The number of hydrogen-bond donors (Lipinski definition) is 2. The van der Waals surface area contributed by atoms with E-state index in [0.29, 0.717) is 6.04 Å². The van der Waals surface area contributed by atoms with Crippen LogP contribution in [0.25, 0.3) is 0 Å². The van der Waals surface area contributed by atoms with Crippen molar-refractivity contribution in [3.8, 4) is 0 Å². The SMILES string of the molecule is CO[SiH](CC(N)N)OC. The van der Waals surface area contributed by atoms with E-state index in [4.69, 9.17) is 20.3 Å². The Morgan fingerprint density at radius 1 is 1.33 bits per heavy atom. The van der Waals surface area contributed by atoms with E-state index in [9.17, 15) is 0 Å². The largest absolute Gasteiger partial charge is 0.400 e. The van der Waals surface area contributed by atoms with Crippen molar-refractivity contribution < 1.29 is 8.85 Å². The normalized spacial score (nSPS) is 11.3. The lowest BCUT2D eigenvalue weighted by Crippen LogP contribution is -2.37. The topological polar surface area (TPSA) is 70.5 Å². The van der Waals surface area contributed by atoms with E-state index >= 15 is 0 Å². The van der Waals surface area contributed by atoms with Gasteiger partial charge in [-0.15, -0.1) is 0 Å². The Morgan fingerprint density at radius 3 is 1.89 bits per heavy atom. The number of hydrogen-bond acceptors (Lipinski definition) is 4. The Balaban J connectivity index is 3.31. The molecule has 0 aliphatic heterocycles. The van der Waals surface area contributed by atoms with Crippen molar-refractivity contribution in [1.29, 1.82) is 0 Å². The zero-order valence-electron chi connectivity index (χ0n) is 5.83. The molecule has 0 saturated carbocycles. The van der Waals surface area contributed by atoms with Gasteiger partial charge in [0.15, 0.2) is 0 Å². The lowest BCUT2D eigenvalue weighted by molar-refractivity contribution is 0.274. The first-order valence-electron chi connectivity index (χ1n) is 2.77. The van der Waals surface area contributed by atoms with Crippen molar-refractivity contribution in [2.75, 3.05) is 14.2 Å². The minimum atomic E-state index is -1.50. The van der Waals surface area contributed by atoms with E-state index in [2.05, 4.69) is 0 Å². The Kier molecular flexibility index (Phi) is 4.92. The molecule has 0 fully saturated rings. The Labute approximate surface area is 57.0 Å².